The smallest absolute Gasteiger partial charge is 0.189 e. The van der Waals surface area contributed by atoms with Gasteiger partial charge in [0.15, 0.2) is 11.7 Å². The van der Waals surface area contributed by atoms with Crippen molar-refractivity contribution in [2.75, 3.05) is 0 Å². The maximum absolute atomic E-state index is 12.9. The molecule has 23 heavy (non-hydrogen) atoms. The highest BCUT2D eigenvalue weighted by molar-refractivity contribution is 7.99. The first-order chi connectivity index (χ1) is 11.2. The molecule has 1 fully saturated rings. The minimum Gasteiger partial charge on any atom is -0.292 e. The molecule has 2 aromatic rings. The molecular weight excluding hydrogens is 326 g/mol. The van der Waals surface area contributed by atoms with Crippen LogP contribution < -0.4 is 0 Å². The monoisotopic (exact) mass is 343 g/mol. The van der Waals surface area contributed by atoms with Crippen molar-refractivity contribution >= 4 is 28.9 Å². The zero-order valence-corrected chi connectivity index (χ0v) is 14.5. The van der Waals surface area contributed by atoms with E-state index >= 15 is 0 Å². The van der Waals surface area contributed by atoms with Gasteiger partial charge in [-0.25, -0.2) is 9.97 Å². The van der Waals surface area contributed by atoms with Gasteiger partial charge in [-0.3, -0.25) is 4.79 Å². The molecule has 1 atom stereocenters. The van der Waals surface area contributed by atoms with Crippen molar-refractivity contribution in [1.29, 1.82) is 5.26 Å². The molecule has 118 valence electrons. The number of thioether (sulfide) groups is 1. The maximum Gasteiger partial charge on any atom is 0.189 e. The van der Waals surface area contributed by atoms with Crippen molar-refractivity contribution in [2.24, 2.45) is 0 Å². The zero-order chi connectivity index (χ0) is 16.2. The third-order valence-electron chi connectivity index (χ3n) is 3.89. The number of thiazole rings is 1. The van der Waals surface area contributed by atoms with Gasteiger partial charge >= 0.3 is 0 Å². The number of carbonyl (C=O) groups excluding carboxylic acids is 1. The molecule has 0 N–H and O–H groups in total. The Morgan fingerprint density at radius 2 is 2.26 bits per heavy atom. The first-order valence-electron chi connectivity index (χ1n) is 7.66. The summed E-state index contributed by atoms with van der Waals surface area (Å²) in [6, 6.07) is 5.64. The zero-order valence-electron chi connectivity index (χ0n) is 12.9. The molecule has 6 heteroatoms. The average Bonchev–Trinajstić information content (AvgIpc) is 3.20. The largest absolute Gasteiger partial charge is 0.292 e. The third kappa shape index (κ3) is 3.62. The van der Waals surface area contributed by atoms with Crippen molar-refractivity contribution in [3.63, 3.8) is 0 Å². The number of Topliss-reactive ketones (excluding diaryl/α,β-unsaturated/α-hetero) is 1. The van der Waals surface area contributed by atoms with Crippen LogP contribution in [0.4, 0.5) is 0 Å². The topological polar surface area (TPSA) is 66.6 Å². The van der Waals surface area contributed by atoms with Crippen LogP contribution in [0.5, 0.6) is 0 Å². The molecular formula is C17H17N3OS2. The van der Waals surface area contributed by atoms with E-state index in [0.717, 1.165) is 10.7 Å². The van der Waals surface area contributed by atoms with Gasteiger partial charge in [0.25, 0.3) is 0 Å². The van der Waals surface area contributed by atoms with Crippen LogP contribution in [0.2, 0.25) is 0 Å². The highest BCUT2D eigenvalue weighted by Gasteiger charge is 2.28. The average molecular weight is 343 g/mol. The predicted molar refractivity (Wildman–Crippen MR) is 91.9 cm³/mol. The predicted octanol–water partition coefficient (Wildman–Crippen LogP) is 4.37. The summed E-state index contributed by atoms with van der Waals surface area (Å²) >= 11 is 3.04. The van der Waals surface area contributed by atoms with Gasteiger partial charge in [-0.05, 0) is 31.9 Å². The van der Waals surface area contributed by atoms with Crippen LogP contribution in [-0.4, -0.2) is 21.0 Å². The van der Waals surface area contributed by atoms with Crippen molar-refractivity contribution in [3.8, 4) is 6.07 Å². The standard InChI is InChI=1S/C17H17N3OS2/c1-11-10-22-17(20-11)14(9-18)15(21)13-7-4-8-19-16(13)23-12-5-2-3-6-12/h4,7-8,10,12,14H,2-3,5-6H2,1H3/t14-/m0/s1. The van der Waals surface area contributed by atoms with E-state index in [9.17, 15) is 10.1 Å². The summed E-state index contributed by atoms with van der Waals surface area (Å²) in [6.07, 6.45) is 6.54. The second-order valence-corrected chi connectivity index (χ2v) is 7.81. The highest BCUT2D eigenvalue weighted by atomic mass is 32.2. The fourth-order valence-corrected chi connectivity index (χ4v) is 4.86. The van der Waals surface area contributed by atoms with Crippen LogP contribution in [0.15, 0.2) is 28.7 Å². The molecule has 3 rings (SSSR count). The van der Waals surface area contributed by atoms with Gasteiger partial charge in [-0.1, -0.05) is 12.8 Å². The Morgan fingerprint density at radius 3 is 2.91 bits per heavy atom. The molecule has 0 amide bonds. The number of aromatic nitrogens is 2. The second-order valence-electron chi connectivity index (χ2n) is 5.63. The van der Waals surface area contributed by atoms with Crippen molar-refractivity contribution < 1.29 is 4.79 Å². The van der Waals surface area contributed by atoms with Crippen molar-refractivity contribution in [1.82, 2.24) is 9.97 Å². The number of hydrogen-bond acceptors (Lipinski definition) is 6. The molecule has 0 spiro atoms. The van der Waals surface area contributed by atoms with E-state index in [1.807, 2.05) is 12.3 Å². The summed E-state index contributed by atoms with van der Waals surface area (Å²) in [6.45, 7) is 1.87. The molecule has 0 radical (unpaired) electrons. The lowest BCUT2D eigenvalue weighted by atomic mass is 10.0. The number of nitrogens with zero attached hydrogens (tertiary/aromatic N) is 3. The van der Waals surface area contributed by atoms with Crippen LogP contribution in [0.3, 0.4) is 0 Å². The van der Waals surface area contributed by atoms with Gasteiger partial charge in [0.05, 0.1) is 11.6 Å². The number of hydrogen-bond donors (Lipinski definition) is 0. The first-order valence-corrected chi connectivity index (χ1v) is 9.42. The number of carbonyl (C=O) groups is 1. The Morgan fingerprint density at radius 1 is 1.48 bits per heavy atom. The van der Waals surface area contributed by atoms with Gasteiger partial charge in [0.2, 0.25) is 0 Å². The first kappa shape index (κ1) is 16.2. The van der Waals surface area contributed by atoms with Crippen LogP contribution >= 0.6 is 23.1 Å². The van der Waals surface area contributed by atoms with Crippen LogP contribution in [0.25, 0.3) is 0 Å². The maximum atomic E-state index is 12.9. The molecule has 0 saturated heterocycles. The molecule has 0 aliphatic heterocycles. The Labute approximate surface area is 144 Å². The Hall–Kier alpha value is -1.71. The minimum absolute atomic E-state index is 0.199. The molecule has 4 nitrogen and oxygen atoms in total. The van der Waals surface area contributed by atoms with Crippen LogP contribution in [0, 0.1) is 18.3 Å². The normalized spacial score (nSPS) is 16.2. The lowest BCUT2D eigenvalue weighted by Crippen LogP contribution is -2.13. The lowest BCUT2D eigenvalue weighted by Gasteiger charge is -2.12. The fraction of sp³-hybridized carbons (Fsp3) is 0.412. The number of ketones is 1. The Kier molecular flexibility index (Phi) is 5.09. The lowest BCUT2D eigenvalue weighted by molar-refractivity contribution is 0.0975. The summed E-state index contributed by atoms with van der Waals surface area (Å²) in [5.41, 5.74) is 1.38. The molecule has 0 unspecified atom stereocenters. The fourth-order valence-electron chi connectivity index (χ4n) is 2.72. The molecule has 2 heterocycles. The van der Waals surface area contributed by atoms with Gasteiger partial charge in [0, 0.05) is 22.5 Å². The number of nitriles is 1. The van der Waals surface area contributed by atoms with E-state index < -0.39 is 5.92 Å². The summed E-state index contributed by atoms with van der Waals surface area (Å²) in [5.74, 6) is -1.05. The number of pyridine rings is 1. The van der Waals surface area contributed by atoms with Crippen molar-refractivity contribution in [2.45, 2.75) is 48.8 Å². The van der Waals surface area contributed by atoms with E-state index in [4.69, 9.17) is 0 Å². The Bertz CT molecular complexity index is 744. The summed E-state index contributed by atoms with van der Waals surface area (Å²) in [4.78, 5) is 21.6. The summed E-state index contributed by atoms with van der Waals surface area (Å²) in [7, 11) is 0. The van der Waals surface area contributed by atoms with Gasteiger partial charge < -0.3 is 0 Å². The van der Waals surface area contributed by atoms with Crippen LogP contribution in [-0.2, 0) is 0 Å². The summed E-state index contributed by atoms with van der Waals surface area (Å²) in [5, 5.41) is 13.2. The molecule has 1 saturated carbocycles. The second kappa shape index (κ2) is 7.24. The van der Waals surface area contributed by atoms with E-state index in [1.54, 1.807) is 30.1 Å². The van der Waals surface area contributed by atoms with Gasteiger partial charge in [-0.15, -0.1) is 23.1 Å². The number of rotatable bonds is 5. The molecule has 1 aliphatic rings. The van der Waals surface area contributed by atoms with Gasteiger partial charge in [-0.2, -0.15) is 5.26 Å². The molecule has 0 aromatic carbocycles. The molecule has 2 aromatic heterocycles. The quantitative estimate of drug-likeness (QED) is 0.754. The van der Waals surface area contributed by atoms with Gasteiger partial charge in [0.1, 0.15) is 10.0 Å². The van der Waals surface area contributed by atoms with Crippen molar-refractivity contribution in [3.05, 3.63) is 40.0 Å². The van der Waals surface area contributed by atoms with E-state index in [0.29, 0.717) is 15.8 Å². The minimum atomic E-state index is -0.846. The summed E-state index contributed by atoms with van der Waals surface area (Å²) < 4.78 is 0. The van der Waals surface area contributed by atoms with E-state index in [2.05, 4.69) is 16.0 Å². The van der Waals surface area contributed by atoms with E-state index in [1.165, 1.54) is 37.0 Å². The Balaban J connectivity index is 1.87. The highest BCUT2D eigenvalue weighted by Crippen LogP contribution is 2.36. The number of aryl methyl sites for hydroxylation is 1. The third-order valence-corrected chi connectivity index (χ3v) is 6.27. The van der Waals surface area contributed by atoms with E-state index in [-0.39, 0.29) is 5.78 Å². The molecule has 1 aliphatic carbocycles. The van der Waals surface area contributed by atoms with Crippen LogP contribution in [0.1, 0.15) is 52.7 Å². The molecule has 0 bridgehead atoms. The SMILES string of the molecule is Cc1csc([C@@H](C#N)C(=O)c2cccnc2SC2CCCC2)n1.